The summed E-state index contributed by atoms with van der Waals surface area (Å²) in [6, 6.07) is 18.5. The van der Waals surface area contributed by atoms with Gasteiger partial charge < -0.3 is 14.8 Å². The second-order valence-corrected chi connectivity index (χ2v) is 6.93. The monoisotopic (exact) mass is 403 g/mol. The van der Waals surface area contributed by atoms with Crippen molar-refractivity contribution >= 4 is 17.5 Å². The number of anilines is 1. The molecule has 0 saturated carbocycles. The highest BCUT2D eigenvalue weighted by Crippen LogP contribution is 2.19. The van der Waals surface area contributed by atoms with Crippen molar-refractivity contribution in [2.45, 2.75) is 13.8 Å². The molecule has 0 aliphatic heterocycles. The summed E-state index contributed by atoms with van der Waals surface area (Å²) in [5.74, 6) is -0.586. The fraction of sp³-hybridized carbons (Fsp3) is 0.208. The van der Waals surface area contributed by atoms with Crippen LogP contribution in [0, 0.1) is 0 Å². The maximum atomic E-state index is 12.7. The van der Waals surface area contributed by atoms with E-state index < -0.39 is 5.91 Å². The van der Waals surface area contributed by atoms with Gasteiger partial charge in [-0.05, 0) is 43.2 Å². The van der Waals surface area contributed by atoms with E-state index in [0.29, 0.717) is 24.2 Å². The smallest absolute Gasteiger partial charge is 0.274 e. The molecule has 6 nitrogen and oxygen atoms in total. The zero-order valence-electron chi connectivity index (χ0n) is 17.4. The summed E-state index contributed by atoms with van der Waals surface area (Å²) in [6.07, 6.45) is 1.49. The summed E-state index contributed by atoms with van der Waals surface area (Å²) in [7, 11) is 1.56. The number of carbonyl (C=O) groups excluding carboxylic acids is 2. The van der Waals surface area contributed by atoms with Crippen molar-refractivity contribution in [2.24, 2.45) is 7.05 Å². The zero-order valence-corrected chi connectivity index (χ0v) is 17.4. The number of hydrogen-bond acceptors (Lipinski definition) is 3. The van der Waals surface area contributed by atoms with Crippen molar-refractivity contribution in [3.05, 3.63) is 88.3 Å². The number of hydrogen-bond donors (Lipinski definition) is 1. The molecule has 0 atom stereocenters. The molecule has 1 aromatic heterocycles. The van der Waals surface area contributed by atoms with Crippen LogP contribution >= 0.6 is 0 Å². The van der Waals surface area contributed by atoms with Crippen LogP contribution in [0.3, 0.4) is 0 Å². The molecular formula is C24H25N3O3. The lowest BCUT2D eigenvalue weighted by molar-refractivity contribution is 0.0771. The lowest BCUT2D eigenvalue weighted by atomic mass is 10.0. The van der Waals surface area contributed by atoms with Crippen LogP contribution in [0.1, 0.15) is 34.6 Å². The van der Waals surface area contributed by atoms with Crippen LogP contribution < -0.4 is 10.9 Å². The molecule has 154 valence electrons. The molecule has 1 N–H and O–H groups in total. The van der Waals surface area contributed by atoms with E-state index in [1.165, 1.54) is 16.8 Å². The Hall–Kier alpha value is -3.67. The molecule has 1 heterocycles. The number of nitrogens with one attached hydrogen (secondary N) is 1. The molecule has 2 aromatic carbocycles. The van der Waals surface area contributed by atoms with Gasteiger partial charge in [-0.1, -0.05) is 42.5 Å². The van der Waals surface area contributed by atoms with Gasteiger partial charge in [-0.25, -0.2) is 0 Å². The van der Waals surface area contributed by atoms with Crippen molar-refractivity contribution in [2.75, 3.05) is 18.4 Å². The van der Waals surface area contributed by atoms with E-state index in [1.807, 2.05) is 56.3 Å². The molecular weight excluding hydrogens is 378 g/mol. The van der Waals surface area contributed by atoms with Gasteiger partial charge in [0, 0.05) is 31.9 Å². The summed E-state index contributed by atoms with van der Waals surface area (Å²) < 4.78 is 1.31. The minimum atomic E-state index is -0.404. The second-order valence-electron chi connectivity index (χ2n) is 6.93. The zero-order chi connectivity index (χ0) is 21.7. The Morgan fingerprint density at radius 2 is 1.50 bits per heavy atom. The van der Waals surface area contributed by atoms with E-state index in [9.17, 15) is 14.4 Å². The third-order valence-electron chi connectivity index (χ3n) is 4.98. The Morgan fingerprint density at radius 3 is 2.10 bits per heavy atom. The first-order chi connectivity index (χ1) is 14.4. The Morgan fingerprint density at radius 1 is 0.900 bits per heavy atom. The molecule has 0 fully saturated rings. The maximum absolute atomic E-state index is 12.7. The van der Waals surface area contributed by atoms with Crippen LogP contribution in [0.5, 0.6) is 0 Å². The SMILES string of the molecule is CCN(CC)C(=O)c1cc(NC(=O)c2ccc(-c3ccccc3)cc2)c(=O)n(C)c1. The Balaban J connectivity index is 1.84. The molecule has 0 unspecified atom stereocenters. The van der Waals surface area contributed by atoms with Crippen LogP contribution in [0.25, 0.3) is 11.1 Å². The highest BCUT2D eigenvalue weighted by atomic mass is 16.2. The van der Waals surface area contributed by atoms with Gasteiger partial charge in [0.15, 0.2) is 0 Å². The van der Waals surface area contributed by atoms with Crippen LogP contribution in [-0.4, -0.2) is 34.4 Å². The van der Waals surface area contributed by atoms with Gasteiger partial charge in [-0.15, -0.1) is 0 Å². The van der Waals surface area contributed by atoms with Gasteiger partial charge in [0.2, 0.25) is 0 Å². The third kappa shape index (κ3) is 4.49. The first-order valence-corrected chi connectivity index (χ1v) is 9.91. The van der Waals surface area contributed by atoms with E-state index in [0.717, 1.165) is 11.1 Å². The lowest BCUT2D eigenvalue weighted by Gasteiger charge is -2.19. The van der Waals surface area contributed by atoms with Crippen molar-refractivity contribution < 1.29 is 9.59 Å². The van der Waals surface area contributed by atoms with Crippen molar-refractivity contribution in [1.82, 2.24) is 9.47 Å². The Kier molecular flexibility index (Phi) is 6.47. The van der Waals surface area contributed by atoms with Crippen LogP contribution in [0.15, 0.2) is 71.7 Å². The van der Waals surface area contributed by atoms with E-state index in [1.54, 1.807) is 24.1 Å². The van der Waals surface area contributed by atoms with Crippen LogP contribution in [0.4, 0.5) is 5.69 Å². The Bertz CT molecular complexity index is 1100. The van der Waals surface area contributed by atoms with Crippen molar-refractivity contribution in [1.29, 1.82) is 0 Å². The van der Waals surface area contributed by atoms with E-state index in [4.69, 9.17) is 0 Å². The minimum absolute atomic E-state index is 0.0765. The molecule has 0 bridgehead atoms. The molecule has 3 aromatic rings. The molecule has 0 aliphatic rings. The number of benzene rings is 2. The molecule has 0 aliphatic carbocycles. The average molecular weight is 403 g/mol. The first kappa shape index (κ1) is 21.0. The molecule has 6 heteroatoms. The standard InChI is InChI=1S/C24H25N3O3/c1-4-27(5-2)23(29)20-15-21(24(30)26(3)16-20)25-22(28)19-13-11-18(12-14-19)17-9-7-6-8-10-17/h6-16H,4-5H2,1-3H3,(H,25,28). The number of aromatic nitrogens is 1. The minimum Gasteiger partial charge on any atom is -0.339 e. The lowest BCUT2D eigenvalue weighted by Crippen LogP contribution is -2.32. The maximum Gasteiger partial charge on any atom is 0.274 e. The quantitative estimate of drug-likeness (QED) is 0.681. The largest absolute Gasteiger partial charge is 0.339 e. The van der Waals surface area contributed by atoms with Crippen molar-refractivity contribution in [3.63, 3.8) is 0 Å². The van der Waals surface area contributed by atoms with E-state index in [-0.39, 0.29) is 17.2 Å². The number of aryl methyl sites for hydroxylation is 1. The van der Waals surface area contributed by atoms with Gasteiger partial charge in [-0.3, -0.25) is 14.4 Å². The highest BCUT2D eigenvalue weighted by molar-refractivity contribution is 6.05. The summed E-state index contributed by atoms with van der Waals surface area (Å²) in [5.41, 5.74) is 2.54. The average Bonchev–Trinajstić information content (AvgIpc) is 2.78. The summed E-state index contributed by atoms with van der Waals surface area (Å²) in [5, 5.41) is 2.65. The molecule has 30 heavy (non-hydrogen) atoms. The normalized spacial score (nSPS) is 10.5. The summed E-state index contributed by atoms with van der Waals surface area (Å²) in [4.78, 5) is 39.5. The molecule has 0 radical (unpaired) electrons. The van der Waals surface area contributed by atoms with Gasteiger partial charge in [0.1, 0.15) is 5.69 Å². The third-order valence-corrected chi connectivity index (χ3v) is 4.98. The molecule has 0 spiro atoms. The van der Waals surface area contributed by atoms with Crippen LogP contribution in [0.2, 0.25) is 0 Å². The highest BCUT2D eigenvalue weighted by Gasteiger charge is 2.17. The van der Waals surface area contributed by atoms with Gasteiger partial charge in [-0.2, -0.15) is 0 Å². The van der Waals surface area contributed by atoms with Gasteiger partial charge in [0.05, 0.1) is 5.56 Å². The number of pyridine rings is 1. The molecule has 3 rings (SSSR count). The fourth-order valence-electron chi connectivity index (χ4n) is 3.25. The second kappa shape index (κ2) is 9.22. The number of carbonyl (C=O) groups is 2. The number of amides is 2. The summed E-state index contributed by atoms with van der Waals surface area (Å²) in [6.45, 7) is 4.91. The molecule has 0 saturated heterocycles. The summed E-state index contributed by atoms with van der Waals surface area (Å²) >= 11 is 0. The van der Waals surface area contributed by atoms with Crippen LogP contribution in [-0.2, 0) is 7.05 Å². The van der Waals surface area contributed by atoms with E-state index in [2.05, 4.69) is 5.32 Å². The first-order valence-electron chi connectivity index (χ1n) is 9.91. The Labute approximate surface area is 175 Å². The van der Waals surface area contributed by atoms with Crippen molar-refractivity contribution in [3.8, 4) is 11.1 Å². The fourth-order valence-corrected chi connectivity index (χ4v) is 3.25. The predicted octanol–water partition coefficient (Wildman–Crippen LogP) is 3.79. The number of rotatable bonds is 6. The van der Waals surface area contributed by atoms with Gasteiger partial charge >= 0.3 is 0 Å². The van der Waals surface area contributed by atoms with Gasteiger partial charge in [0.25, 0.3) is 17.4 Å². The topological polar surface area (TPSA) is 71.4 Å². The van der Waals surface area contributed by atoms with E-state index >= 15 is 0 Å². The predicted molar refractivity (Wildman–Crippen MR) is 119 cm³/mol. The number of nitrogens with zero attached hydrogens (tertiary/aromatic N) is 2. The molecule has 2 amide bonds.